The minimum absolute atomic E-state index is 0.0335. The summed E-state index contributed by atoms with van der Waals surface area (Å²) >= 11 is 6.14. The third-order valence-electron chi connectivity index (χ3n) is 6.74. The molecule has 4 heterocycles. The number of anilines is 1. The van der Waals surface area contributed by atoms with Crippen LogP contribution in [0.2, 0.25) is 5.02 Å². The zero-order valence-corrected chi connectivity index (χ0v) is 17.2. The summed E-state index contributed by atoms with van der Waals surface area (Å²) in [5, 5.41) is 3.77. The van der Waals surface area contributed by atoms with E-state index >= 15 is 0 Å². The van der Waals surface area contributed by atoms with Gasteiger partial charge in [-0.05, 0) is 49.4 Å². The molecule has 3 saturated heterocycles. The Bertz CT molecular complexity index is 811. The second kappa shape index (κ2) is 7.69. The Morgan fingerprint density at radius 3 is 2.72 bits per heavy atom. The minimum atomic E-state index is -0.0893. The van der Waals surface area contributed by atoms with Gasteiger partial charge in [-0.15, -0.1) is 0 Å². The van der Waals surface area contributed by atoms with Gasteiger partial charge in [-0.1, -0.05) is 11.6 Å². The fraction of sp³-hybridized carbons (Fsp3) is 0.619. The molecule has 8 heteroatoms. The van der Waals surface area contributed by atoms with E-state index in [1.54, 1.807) is 0 Å². The number of rotatable bonds is 1. The second-order valence-corrected chi connectivity index (χ2v) is 8.91. The molecule has 0 saturated carbocycles. The number of hydrogen-bond donors (Lipinski definition) is 1. The number of fused-ring (bicyclic) bond motifs is 2. The van der Waals surface area contributed by atoms with Crippen LogP contribution in [0.15, 0.2) is 18.2 Å². The second-order valence-electron chi connectivity index (χ2n) is 8.48. The molecule has 4 aliphatic rings. The summed E-state index contributed by atoms with van der Waals surface area (Å²) in [5.41, 5.74) is 2.63. The Balaban J connectivity index is 1.17. The van der Waals surface area contributed by atoms with E-state index in [9.17, 15) is 9.59 Å². The van der Waals surface area contributed by atoms with Crippen LogP contribution in [0.4, 0.5) is 10.5 Å². The Hall–Kier alpha value is -1.99. The van der Waals surface area contributed by atoms with Gasteiger partial charge in [0.1, 0.15) is 6.61 Å². The Labute approximate surface area is 175 Å². The fourth-order valence-corrected chi connectivity index (χ4v) is 5.41. The van der Waals surface area contributed by atoms with Crippen molar-refractivity contribution in [2.24, 2.45) is 0 Å². The van der Waals surface area contributed by atoms with Crippen molar-refractivity contribution in [3.05, 3.63) is 28.8 Å². The highest BCUT2D eigenvalue weighted by Crippen LogP contribution is 2.34. The number of carbonyl (C=O) groups excluding carboxylic acids is 2. The maximum atomic E-state index is 13.0. The normalized spacial score (nSPS) is 27.5. The highest BCUT2D eigenvalue weighted by molar-refractivity contribution is 6.30. The highest BCUT2D eigenvalue weighted by atomic mass is 35.5. The van der Waals surface area contributed by atoms with Gasteiger partial charge >= 0.3 is 6.03 Å². The van der Waals surface area contributed by atoms with Gasteiger partial charge in [-0.25, -0.2) is 4.79 Å². The van der Waals surface area contributed by atoms with Crippen molar-refractivity contribution in [2.45, 2.75) is 43.9 Å². The molecule has 3 amide bonds. The fourth-order valence-electron chi connectivity index (χ4n) is 5.22. The lowest BCUT2D eigenvalue weighted by molar-refractivity contribution is -0.139. The molecule has 0 unspecified atom stereocenters. The van der Waals surface area contributed by atoms with Crippen molar-refractivity contribution < 1.29 is 14.3 Å². The molecule has 1 N–H and O–H groups in total. The molecule has 0 radical (unpaired) electrons. The number of carbonyl (C=O) groups is 2. The van der Waals surface area contributed by atoms with Gasteiger partial charge in [0, 0.05) is 49.5 Å². The standard InChI is InChI=1S/C21H27ClN4O3/c22-15-1-2-18-14(11-15)3-10-26(18)16-4-7-24(8-5-16)21(28)25-9-6-19-17(12-25)23-20(27)13-29-19/h1-2,11,16-17,19H,3-10,12-13H2,(H,23,27)/t17-,19+/m1/s1. The van der Waals surface area contributed by atoms with Crippen LogP contribution in [0.5, 0.6) is 0 Å². The number of hydrogen-bond acceptors (Lipinski definition) is 4. The van der Waals surface area contributed by atoms with E-state index in [0.717, 1.165) is 50.3 Å². The lowest BCUT2D eigenvalue weighted by atomic mass is 10.00. The largest absolute Gasteiger partial charge is 0.368 e. The summed E-state index contributed by atoms with van der Waals surface area (Å²) in [7, 11) is 0. The van der Waals surface area contributed by atoms with Crippen molar-refractivity contribution in [3.8, 4) is 0 Å². The van der Waals surface area contributed by atoms with Gasteiger partial charge in [-0.3, -0.25) is 4.79 Å². The molecule has 7 nitrogen and oxygen atoms in total. The summed E-state index contributed by atoms with van der Waals surface area (Å²) in [4.78, 5) is 31.0. The van der Waals surface area contributed by atoms with Crippen molar-refractivity contribution in [1.29, 1.82) is 0 Å². The number of piperidine rings is 2. The number of likely N-dealkylation sites (tertiary alicyclic amines) is 2. The summed E-state index contributed by atoms with van der Waals surface area (Å²) < 4.78 is 5.60. The van der Waals surface area contributed by atoms with Crippen LogP contribution >= 0.6 is 11.6 Å². The molecule has 4 aliphatic heterocycles. The number of morpholine rings is 1. The highest BCUT2D eigenvalue weighted by Gasteiger charge is 2.38. The van der Waals surface area contributed by atoms with E-state index in [1.165, 1.54) is 11.3 Å². The molecular formula is C21H27ClN4O3. The number of benzene rings is 1. The maximum Gasteiger partial charge on any atom is 0.320 e. The zero-order valence-electron chi connectivity index (χ0n) is 16.5. The lowest BCUT2D eigenvalue weighted by Gasteiger charge is -2.44. The molecule has 0 bridgehead atoms. The molecule has 5 rings (SSSR count). The predicted molar refractivity (Wildman–Crippen MR) is 110 cm³/mol. The van der Waals surface area contributed by atoms with Gasteiger partial charge in [0.2, 0.25) is 5.91 Å². The monoisotopic (exact) mass is 418 g/mol. The Morgan fingerprint density at radius 1 is 1.10 bits per heavy atom. The molecule has 0 aliphatic carbocycles. The maximum absolute atomic E-state index is 13.0. The van der Waals surface area contributed by atoms with Crippen LogP contribution in [0.25, 0.3) is 0 Å². The van der Waals surface area contributed by atoms with Crippen LogP contribution in [0.3, 0.4) is 0 Å². The number of nitrogens with one attached hydrogen (secondary N) is 1. The molecule has 1 aromatic carbocycles. The van der Waals surface area contributed by atoms with E-state index in [0.29, 0.717) is 19.1 Å². The number of amides is 3. The first-order valence-corrected chi connectivity index (χ1v) is 11.0. The first kappa shape index (κ1) is 19.0. The van der Waals surface area contributed by atoms with Crippen molar-refractivity contribution in [3.63, 3.8) is 0 Å². The quantitative estimate of drug-likeness (QED) is 0.756. The third kappa shape index (κ3) is 3.66. The first-order valence-electron chi connectivity index (χ1n) is 10.6. The molecule has 1 aromatic rings. The van der Waals surface area contributed by atoms with Crippen LogP contribution in [0.1, 0.15) is 24.8 Å². The van der Waals surface area contributed by atoms with Crippen LogP contribution < -0.4 is 10.2 Å². The van der Waals surface area contributed by atoms with Crippen LogP contribution in [0, 0.1) is 0 Å². The smallest absolute Gasteiger partial charge is 0.320 e. The molecule has 2 atom stereocenters. The van der Waals surface area contributed by atoms with E-state index in [-0.39, 0.29) is 30.7 Å². The number of nitrogens with zero attached hydrogens (tertiary/aromatic N) is 3. The average molecular weight is 419 g/mol. The summed E-state index contributed by atoms with van der Waals surface area (Å²) in [6.07, 6.45) is 3.81. The number of urea groups is 1. The summed E-state index contributed by atoms with van der Waals surface area (Å²) in [6.45, 7) is 3.94. The van der Waals surface area contributed by atoms with Gasteiger partial charge in [0.15, 0.2) is 0 Å². The van der Waals surface area contributed by atoms with E-state index in [1.807, 2.05) is 15.9 Å². The molecule has 0 spiro atoms. The third-order valence-corrected chi connectivity index (χ3v) is 6.98. The average Bonchev–Trinajstić information content (AvgIpc) is 3.15. The Morgan fingerprint density at radius 2 is 1.90 bits per heavy atom. The van der Waals surface area contributed by atoms with E-state index < -0.39 is 0 Å². The lowest BCUT2D eigenvalue weighted by Crippen LogP contribution is -2.62. The van der Waals surface area contributed by atoms with E-state index in [2.05, 4.69) is 22.3 Å². The van der Waals surface area contributed by atoms with Crippen molar-refractivity contribution >= 4 is 29.2 Å². The van der Waals surface area contributed by atoms with Crippen molar-refractivity contribution in [2.75, 3.05) is 44.2 Å². The topological polar surface area (TPSA) is 65.1 Å². The van der Waals surface area contributed by atoms with Crippen molar-refractivity contribution in [1.82, 2.24) is 15.1 Å². The van der Waals surface area contributed by atoms with E-state index in [4.69, 9.17) is 16.3 Å². The minimum Gasteiger partial charge on any atom is -0.368 e. The van der Waals surface area contributed by atoms with Crippen LogP contribution in [-0.2, 0) is 16.0 Å². The van der Waals surface area contributed by atoms with Crippen LogP contribution in [-0.4, -0.2) is 79.3 Å². The number of ether oxygens (including phenoxy) is 1. The SMILES string of the molecule is O=C1CO[C@H]2CCN(C(=O)N3CCC(N4CCc5cc(Cl)ccc54)CC3)C[C@H]2N1. The van der Waals surface area contributed by atoms with Gasteiger partial charge in [0.05, 0.1) is 12.1 Å². The molecule has 156 valence electrons. The molecule has 0 aromatic heterocycles. The zero-order chi connectivity index (χ0) is 20.0. The Kier molecular flexibility index (Phi) is 5.04. The summed E-state index contributed by atoms with van der Waals surface area (Å²) in [5.74, 6) is -0.0893. The van der Waals surface area contributed by atoms with Gasteiger partial charge < -0.3 is 24.8 Å². The first-order chi connectivity index (χ1) is 14.1. The van der Waals surface area contributed by atoms with Gasteiger partial charge in [0.25, 0.3) is 0 Å². The molecule has 3 fully saturated rings. The summed E-state index contributed by atoms with van der Waals surface area (Å²) in [6, 6.07) is 6.65. The van der Waals surface area contributed by atoms with Gasteiger partial charge in [-0.2, -0.15) is 0 Å². The predicted octanol–water partition coefficient (Wildman–Crippen LogP) is 1.88. The number of halogens is 1. The molecule has 29 heavy (non-hydrogen) atoms. The molecular weight excluding hydrogens is 392 g/mol.